The summed E-state index contributed by atoms with van der Waals surface area (Å²) in [6.07, 6.45) is 3.59. The lowest BCUT2D eigenvalue weighted by Gasteiger charge is -2.19. The van der Waals surface area contributed by atoms with E-state index >= 15 is 0 Å². The number of benzene rings is 1. The molecular weight excluding hydrogens is 326 g/mol. The SMILES string of the molecule is CCC(NC(=O)NCC1CC(=O)N(C2CC2)C1)c1cccc(Cl)c1. The number of amides is 3. The molecule has 3 rings (SSSR count). The summed E-state index contributed by atoms with van der Waals surface area (Å²) in [5, 5.41) is 6.56. The topological polar surface area (TPSA) is 61.4 Å². The number of likely N-dealkylation sites (tertiary alicyclic amines) is 1. The maximum atomic E-state index is 12.2. The van der Waals surface area contributed by atoms with Crippen LogP contribution in [0.4, 0.5) is 4.79 Å². The molecule has 2 aliphatic rings. The van der Waals surface area contributed by atoms with Crippen LogP contribution in [0, 0.1) is 5.92 Å². The second-order valence-electron chi connectivity index (χ2n) is 6.72. The summed E-state index contributed by atoms with van der Waals surface area (Å²) < 4.78 is 0. The van der Waals surface area contributed by atoms with Gasteiger partial charge in [0.1, 0.15) is 0 Å². The van der Waals surface area contributed by atoms with Crippen molar-refractivity contribution in [3.63, 3.8) is 0 Å². The van der Waals surface area contributed by atoms with Gasteiger partial charge in [0.15, 0.2) is 0 Å². The summed E-state index contributed by atoms with van der Waals surface area (Å²) in [6, 6.07) is 7.74. The highest BCUT2D eigenvalue weighted by Crippen LogP contribution is 2.32. The normalized spacial score (nSPS) is 21.7. The van der Waals surface area contributed by atoms with E-state index in [0.29, 0.717) is 24.0 Å². The zero-order valence-electron chi connectivity index (χ0n) is 13.9. The number of carbonyl (C=O) groups excluding carboxylic acids is 2. The molecule has 6 heteroatoms. The highest BCUT2D eigenvalue weighted by Gasteiger charge is 2.39. The minimum Gasteiger partial charge on any atom is -0.339 e. The Morgan fingerprint density at radius 1 is 1.42 bits per heavy atom. The van der Waals surface area contributed by atoms with Gasteiger partial charge in [-0.15, -0.1) is 0 Å². The van der Waals surface area contributed by atoms with Crippen LogP contribution in [0.1, 0.15) is 44.2 Å². The fourth-order valence-corrected chi connectivity index (χ4v) is 3.47. The molecule has 1 aromatic carbocycles. The first kappa shape index (κ1) is 17.1. The average molecular weight is 350 g/mol. The summed E-state index contributed by atoms with van der Waals surface area (Å²) in [5.41, 5.74) is 0.996. The van der Waals surface area contributed by atoms with Crippen LogP contribution in [0.3, 0.4) is 0 Å². The summed E-state index contributed by atoms with van der Waals surface area (Å²) in [4.78, 5) is 26.1. The van der Waals surface area contributed by atoms with E-state index in [0.717, 1.165) is 31.4 Å². The van der Waals surface area contributed by atoms with Crippen LogP contribution in [0.25, 0.3) is 0 Å². The van der Waals surface area contributed by atoms with E-state index in [1.54, 1.807) is 0 Å². The van der Waals surface area contributed by atoms with Gasteiger partial charge in [0.25, 0.3) is 0 Å². The molecule has 24 heavy (non-hydrogen) atoms. The van der Waals surface area contributed by atoms with Crippen molar-refractivity contribution in [3.05, 3.63) is 34.9 Å². The van der Waals surface area contributed by atoms with Crippen molar-refractivity contribution in [2.75, 3.05) is 13.1 Å². The quantitative estimate of drug-likeness (QED) is 0.829. The third-order valence-corrected chi connectivity index (χ3v) is 4.98. The van der Waals surface area contributed by atoms with Gasteiger partial charge < -0.3 is 15.5 Å². The second kappa shape index (κ2) is 7.43. The largest absolute Gasteiger partial charge is 0.339 e. The van der Waals surface area contributed by atoms with Gasteiger partial charge >= 0.3 is 6.03 Å². The Morgan fingerprint density at radius 3 is 2.88 bits per heavy atom. The molecule has 1 saturated heterocycles. The van der Waals surface area contributed by atoms with Crippen LogP contribution in [-0.4, -0.2) is 36.0 Å². The Labute approximate surface area is 147 Å². The summed E-state index contributed by atoms with van der Waals surface area (Å²) in [6.45, 7) is 3.33. The first-order chi connectivity index (χ1) is 11.6. The van der Waals surface area contributed by atoms with Crippen LogP contribution in [-0.2, 0) is 4.79 Å². The lowest BCUT2D eigenvalue weighted by atomic mass is 10.0. The number of hydrogen-bond donors (Lipinski definition) is 2. The molecule has 2 atom stereocenters. The molecule has 2 fully saturated rings. The van der Waals surface area contributed by atoms with E-state index in [1.807, 2.05) is 36.1 Å². The number of rotatable bonds is 6. The van der Waals surface area contributed by atoms with Crippen molar-refractivity contribution in [1.82, 2.24) is 15.5 Å². The molecule has 0 bridgehead atoms. The van der Waals surface area contributed by atoms with Crippen LogP contribution < -0.4 is 10.6 Å². The van der Waals surface area contributed by atoms with Gasteiger partial charge in [-0.1, -0.05) is 30.7 Å². The molecule has 1 heterocycles. The number of urea groups is 1. The van der Waals surface area contributed by atoms with Gasteiger partial charge in [0, 0.05) is 36.5 Å². The summed E-state index contributed by atoms with van der Waals surface area (Å²) >= 11 is 6.02. The highest BCUT2D eigenvalue weighted by atomic mass is 35.5. The van der Waals surface area contributed by atoms with Crippen LogP contribution in [0.15, 0.2) is 24.3 Å². The van der Waals surface area contributed by atoms with E-state index in [1.165, 1.54) is 0 Å². The number of hydrogen-bond acceptors (Lipinski definition) is 2. The highest BCUT2D eigenvalue weighted by molar-refractivity contribution is 6.30. The van der Waals surface area contributed by atoms with E-state index in [-0.39, 0.29) is 23.9 Å². The van der Waals surface area contributed by atoms with Crippen molar-refractivity contribution in [2.24, 2.45) is 5.92 Å². The zero-order valence-corrected chi connectivity index (χ0v) is 14.7. The Balaban J connectivity index is 1.47. The van der Waals surface area contributed by atoms with Crippen molar-refractivity contribution in [3.8, 4) is 0 Å². The molecular formula is C18H24ClN3O2. The van der Waals surface area contributed by atoms with Gasteiger partial charge in [-0.2, -0.15) is 0 Å². The van der Waals surface area contributed by atoms with E-state index < -0.39 is 0 Å². The van der Waals surface area contributed by atoms with Crippen LogP contribution in [0.2, 0.25) is 5.02 Å². The van der Waals surface area contributed by atoms with Crippen LogP contribution >= 0.6 is 11.6 Å². The van der Waals surface area contributed by atoms with Crippen LogP contribution in [0.5, 0.6) is 0 Å². The first-order valence-corrected chi connectivity index (χ1v) is 9.04. The fourth-order valence-electron chi connectivity index (χ4n) is 3.28. The van der Waals surface area contributed by atoms with Gasteiger partial charge in [0.05, 0.1) is 6.04 Å². The maximum Gasteiger partial charge on any atom is 0.315 e. The lowest BCUT2D eigenvalue weighted by Crippen LogP contribution is -2.40. The van der Waals surface area contributed by atoms with E-state index in [9.17, 15) is 9.59 Å². The fraction of sp³-hybridized carbons (Fsp3) is 0.556. The molecule has 3 amide bonds. The Bertz CT molecular complexity index is 618. The molecule has 1 aromatic rings. The summed E-state index contributed by atoms with van der Waals surface area (Å²) in [5.74, 6) is 0.449. The lowest BCUT2D eigenvalue weighted by molar-refractivity contribution is -0.128. The molecule has 2 N–H and O–H groups in total. The number of carbonyl (C=O) groups is 2. The van der Waals surface area contributed by atoms with Gasteiger partial charge in [0.2, 0.25) is 5.91 Å². The number of nitrogens with zero attached hydrogens (tertiary/aromatic N) is 1. The monoisotopic (exact) mass is 349 g/mol. The first-order valence-electron chi connectivity index (χ1n) is 8.66. The minimum atomic E-state index is -0.195. The van der Waals surface area contributed by atoms with Crippen molar-refractivity contribution >= 4 is 23.5 Å². The predicted molar refractivity (Wildman–Crippen MR) is 93.9 cm³/mol. The third-order valence-electron chi connectivity index (χ3n) is 4.74. The van der Waals surface area contributed by atoms with Crippen molar-refractivity contribution in [2.45, 2.75) is 44.7 Å². The van der Waals surface area contributed by atoms with Gasteiger partial charge in [-0.25, -0.2) is 4.79 Å². The molecule has 130 valence electrons. The average Bonchev–Trinajstić information content (AvgIpc) is 3.33. The Hall–Kier alpha value is -1.75. The number of halogens is 1. The summed E-state index contributed by atoms with van der Waals surface area (Å²) in [7, 11) is 0. The molecule has 0 radical (unpaired) electrons. The zero-order chi connectivity index (χ0) is 17.1. The number of nitrogens with one attached hydrogen (secondary N) is 2. The second-order valence-corrected chi connectivity index (χ2v) is 7.15. The smallest absolute Gasteiger partial charge is 0.315 e. The minimum absolute atomic E-state index is 0.0723. The van der Waals surface area contributed by atoms with Gasteiger partial charge in [-0.05, 0) is 37.0 Å². The molecule has 2 unspecified atom stereocenters. The Morgan fingerprint density at radius 2 is 2.21 bits per heavy atom. The molecule has 1 aliphatic heterocycles. The van der Waals surface area contributed by atoms with E-state index in [2.05, 4.69) is 10.6 Å². The Kier molecular flexibility index (Phi) is 5.29. The predicted octanol–water partition coefficient (Wildman–Crippen LogP) is 3.10. The molecule has 0 spiro atoms. The molecule has 1 aliphatic carbocycles. The van der Waals surface area contributed by atoms with Crippen molar-refractivity contribution in [1.29, 1.82) is 0 Å². The van der Waals surface area contributed by atoms with E-state index in [4.69, 9.17) is 11.6 Å². The van der Waals surface area contributed by atoms with Crippen molar-refractivity contribution < 1.29 is 9.59 Å². The molecule has 0 aromatic heterocycles. The molecule has 5 nitrogen and oxygen atoms in total. The maximum absolute atomic E-state index is 12.2. The standard InChI is InChI=1S/C18H24ClN3O2/c1-2-16(13-4-3-5-14(19)9-13)21-18(24)20-10-12-8-17(23)22(11-12)15-6-7-15/h3-5,9,12,15-16H,2,6-8,10-11H2,1H3,(H2,20,21,24). The third kappa shape index (κ3) is 4.20. The molecule has 1 saturated carbocycles. The van der Waals surface area contributed by atoms with Gasteiger partial charge in [-0.3, -0.25) is 4.79 Å².